The van der Waals surface area contributed by atoms with Crippen LogP contribution < -0.4 is 10.5 Å². The molecule has 0 radical (unpaired) electrons. The van der Waals surface area contributed by atoms with Crippen molar-refractivity contribution in [1.29, 1.82) is 5.26 Å². The molecule has 2 aromatic rings. The normalized spacial score (nSPS) is 9.75. The van der Waals surface area contributed by atoms with Gasteiger partial charge in [0.1, 0.15) is 17.6 Å². The van der Waals surface area contributed by atoms with Gasteiger partial charge in [-0.05, 0) is 25.1 Å². The number of aryl methyl sites for hydroxylation is 1. The van der Waals surface area contributed by atoms with Crippen LogP contribution in [-0.2, 0) is 0 Å². The van der Waals surface area contributed by atoms with Gasteiger partial charge < -0.3 is 10.5 Å². The highest BCUT2D eigenvalue weighted by Crippen LogP contribution is 2.27. The first-order valence-corrected chi connectivity index (χ1v) is 5.24. The summed E-state index contributed by atoms with van der Waals surface area (Å²) in [5.41, 5.74) is 6.48. The van der Waals surface area contributed by atoms with Gasteiger partial charge in [-0.15, -0.1) is 0 Å². The number of benzene rings is 1. The van der Waals surface area contributed by atoms with Crippen molar-refractivity contribution in [2.75, 3.05) is 5.73 Å². The van der Waals surface area contributed by atoms with E-state index in [9.17, 15) is 0 Å². The summed E-state index contributed by atoms with van der Waals surface area (Å²) in [6, 6.07) is 6.89. The van der Waals surface area contributed by atoms with Crippen molar-refractivity contribution in [3.8, 4) is 17.0 Å². The second kappa shape index (κ2) is 4.16. The molecule has 0 unspecified atom stereocenters. The van der Waals surface area contributed by atoms with Gasteiger partial charge in [0.05, 0.1) is 5.56 Å². The highest BCUT2D eigenvalue weighted by molar-refractivity contribution is 7.07. The monoisotopic (exact) mass is 232 g/mol. The van der Waals surface area contributed by atoms with Crippen LogP contribution in [0.2, 0.25) is 0 Å². The maximum absolute atomic E-state index is 8.91. The van der Waals surface area contributed by atoms with Gasteiger partial charge >= 0.3 is 0 Å². The summed E-state index contributed by atoms with van der Waals surface area (Å²) in [6.45, 7) is 1.78. The van der Waals surface area contributed by atoms with E-state index in [2.05, 4.69) is 9.36 Å². The molecule has 0 saturated heterocycles. The van der Waals surface area contributed by atoms with Crippen LogP contribution in [0.5, 0.6) is 10.9 Å². The predicted octanol–water partition coefficient (Wildman–Crippen LogP) is 2.09. The molecule has 0 saturated carbocycles. The quantitative estimate of drug-likeness (QED) is 0.801. The number of nitriles is 1. The Morgan fingerprint density at radius 3 is 2.94 bits per heavy atom. The largest absolute Gasteiger partial charge is 0.428 e. The van der Waals surface area contributed by atoms with E-state index in [4.69, 9.17) is 15.7 Å². The van der Waals surface area contributed by atoms with E-state index < -0.39 is 0 Å². The van der Waals surface area contributed by atoms with Gasteiger partial charge in [0.15, 0.2) is 0 Å². The first kappa shape index (κ1) is 10.4. The molecule has 0 amide bonds. The van der Waals surface area contributed by atoms with Crippen molar-refractivity contribution in [3.63, 3.8) is 0 Å². The molecule has 0 fully saturated rings. The third-order valence-corrected chi connectivity index (χ3v) is 2.52. The summed E-state index contributed by atoms with van der Waals surface area (Å²) in [6.07, 6.45) is 0. The predicted molar refractivity (Wildman–Crippen MR) is 60.3 cm³/mol. The third kappa shape index (κ3) is 2.10. The highest BCUT2D eigenvalue weighted by Gasteiger charge is 2.08. The summed E-state index contributed by atoms with van der Waals surface area (Å²) in [5.74, 6) is 1.09. The van der Waals surface area contributed by atoms with E-state index in [0.717, 1.165) is 11.5 Å². The highest BCUT2D eigenvalue weighted by atomic mass is 32.1. The fourth-order valence-electron chi connectivity index (χ4n) is 1.14. The number of aromatic nitrogens is 2. The van der Waals surface area contributed by atoms with Crippen LogP contribution >= 0.6 is 11.5 Å². The van der Waals surface area contributed by atoms with Crippen molar-refractivity contribution in [2.24, 2.45) is 0 Å². The number of nitrogen functional groups attached to an aromatic ring is 1. The van der Waals surface area contributed by atoms with Crippen molar-refractivity contribution in [1.82, 2.24) is 9.36 Å². The first-order valence-electron chi connectivity index (χ1n) is 4.47. The lowest BCUT2D eigenvalue weighted by atomic mass is 10.2. The van der Waals surface area contributed by atoms with E-state index in [-0.39, 0.29) is 0 Å². The molecule has 0 bridgehead atoms. The molecule has 2 rings (SSSR count). The molecule has 1 heterocycles. The van der Waals surface area contributed by atoms with Crippen LogP contribution in [-0.4, -0.2) is 9.36 Å². The number of hydrogen-bond acceptors (Lipinski definition) is 6. The number of anilines is 1. The number of rotatable bonds is 2. The number of nitrogens with two attached hydrogens (primary N) is 1. The van der Waals surface area contributed by atoms with Gasteiger partial charge in [-0.25, -0.2) is 0 Å². The van der Waals surface area contributed by atoms with Gasteiger partial charge in [-0.2, -0.15) is 14.6 Å². The summed E-state index contributed by atoms with van der Waals surface area (Å²) >= 11 is 1.14. The Hall–Kier alpha value is -2.13. The SMILES string of the molecule is Cc1nsc(Oc2ccc(N)cc2C#N)n1. The second-order valence-corrected chi connectivity index (χ2v) is 3.79. The topological polar surface area (TPSA) is 84.8 Å². The molecule has 0 spiro atoms. The molecule has 16 heavy (non-hydrogen) atoms. The van der Waals surface area contributed by atoms with E-state index >= 15 is 0 Å². The molecule has 80 valence electrons. The van der Waals surface area contributed by atoms with Crippen LogP contribution in [0, 0.1) is 18.3 Å². The average Bonchev–Trinajstić information content (AvgIpc) is 2.67. The van der Waals surface area contributed by atoms with Gasteiger partial charge in [0, 0.05) is 17.2 Å². The Bertz CT molecular complexity index is 558. The minimum Gasteiger partial charge on any atom is -0.428 e. The Morgan fingerprint density at radius 2 is 2.31 bits per heavy atom. The average molecular weight is 232 g/mol. The zero-order valence-corrected chi connectivity index (χ0v) is 9.28. The lowest BCUT2D eigenvalue weighted by Gasteiger charge is -2.03. The number of hydrogen-bond donors (Lipinski definition) is 1. The maximum Gasteiger partial charge on any atom is 0.298 e. The molecule has 1 aromatic heterocycles. The Kier molecular flexibility index (Phi) is 2.70. The van der Waals surface area contributed by atoms with E-state index in [1.807, 2.05) is 6.07 Å². The van der Waals surface area contributed by atoms with Gasteiger partial charge in [0.25, 0.3) is 5.19 Å². The molecular weight excluding hydrogens is 224 g/mol. The second-order valence-electron chi connectivity index (χ2n) is 3.08. The fraction of sp³-hybridized carbons (Fsp3) is 0.100. The van der Waals surface area contributed by atoms with E-state index in [1.165, 1.54) is 0 Å². The van der Waals surface area contributed by atoms with Crippen molar-refractivity contribution < 1.29 is 4.74 Å². The lowest BCUT2D eigenvalue weighted by molar-refractivity contribution is 0.476. The van der Waals surface area contributed by atoms with E-state index in [0.29, 0.717) is 28.0 Å². The molecule has 5 nitrogen and oxygen atoms in total. The van der Waals surface area contributed by atoms with Crippen molar-refractivity contribution in [2.45, 2.75) is 6.92 Å². The molecule has 0 aliphatic rings. The minimum absolute atomic E-state index is 0.382. The molecular formula is C10H8N4OS. The van der Waals surface area contributed by atoms with E-state index in [1.54, 1.807) is 25.1 Å². The van der Waals surface area contributed by atoms with Crippen LogP contribution in [0.4, 0.5) is 5.69 Å². The zero-order valence-electron chi connectivity index (χ0n) is 8.47. The van der Waals surface area contributed by atoms with Crippen LogP contribution in [0.3, 0.4) is 0 Å². The standard InChI is InChI=1S/C10H8N4OS/c1-6-13-10(16-14-6)15-9-3-2-8(12)4-7(9)5-11/h2-4H,12H2,1H3. The van der Waals surface area contributed by atoms with Gasteiger partial charge in [0.2, 0.25) is 0 Å². The zero-order chi connectivity index (χ0) is 11.5. The molecule has 0 aliphatic carbocycles. The van der Waals surface area contributed by atoms with Crippen molar-refractivity contribution in [3.05, 3.63) is 29.6 Å². The summed E-state index contributed by atoms with van der Waals surface area (Å²) in [7, 11) is 0. The Labute approximate surface area is 96.3 Å². The van der Waals surface area contributed by atoms with Crippen LogP contribution in [0.25, 0.3) is 0 Å². The lowest BCUT2D eigenvalue weighted by Crippen LogP contribution is -1.91. The molecule has 0 atom stereocenters. The summed E-state index contributed by atoms with van der Waals surface area (Å²) < 4.78 is 9.43. The first-order chi connectivity index (χ1) is 7.69. The molecule has 2 N–H and O–H groups in total. The van der Waals surface area contributed by atoms with Gasteiger partial charge in [-0.1, -0.05) is 0 Å². The van der Waals surface area contributed by atoms with Crippen LogP contribution in [0.1, 0.15) is 11.4 Å². The fourth-order valence-corrected chi connectivity index (χ4v) is 1.69. The summed E-state index contributed by atoms with van der Waals surface area (Å²) in [4.78, 5) is 4.05. The molecule has 0 aliphatic heterocycles. The Balaban J connectivity index is 2.31. The number of ether oxygens (including phenoxy) is 1. The molecule has 6 heteroatoms. The summed E-state index contributed by atoms with van der Waals surface area (Å²) in [5, 5.41) is 9.32. The van der Waals surface area contributed by atoms with Crippen molar-refractivity contribution >= 4 is 17.2 Å². The van der Waals surface area contributed by atoms with Crippen LogP contribution in [0.15, 0.2) is 18.2 Å². The van der Waals surface area contributed by atoms with Gasteiger partial charge in [-0.3, -0.25) is 0 Å². The molecule has 1 aromatic carbocycles. The Morgan fingerprint density at radius 1 is 1.50 bits per heavy atom. The third-order valence-electron chi connectivity index (χ3n) is 1.83. The number of nitrogens with zero attached hydrogens (tertiary/aromatic N) is 3. The minimum atomic E-state index is 0.382. The maximum atomic E-state index is 8.91. The smallest absolute Gasteiger partial charge is 0.298 e.